The summed E-state index contributed by atoms with van der Waals surface area (Å²) in [6.45, 7) is 6.26. The number of carbonyl (C=O) groups is 1. The lowest BCUT2D eigenvalue weighted by Gasteiger charge is -2.05. The molecule has 0 unspecified atom stereocenters. The zero-order valence-corrected chi connectivity index (χ0v) is 12.9. The second kappa shape index (κ2) is 6.08. The van der Waals surface area contributed by atoms with Crippen LogP contribution in [-0.2, 0) is 11.3 Å². The van der Waals surface area contributed by atoms with Gasteiger partial charge in [0.25, 0.3) is 5.56 Å². The van der Waals surface area contributed by atoms with Gasteiger partial charge < -0.3 is 10.3 Å². The molecule has 0 radical (unpaired) electrons. The third-order valence-corrected chi connectivity index (χ3v) is 3.75. The van der Waals surface area contributed by atoms with Crippen LogP contribution in [0.15, 0.2) is 42.0 Å². The highest BCUT2D eigenvalue weighted by molar-refractivity contribution is 6.04. The van der Waals surface area contributed by atoms with Gasteiger partial charge in [0, 0.05) is 30.4 Å². The van der Waals surface area contributed by atoms with E-state index in [9.17, 15) is 9.59 Å². The van der Waals surface area contributed by atoms with E-state index in [1.165, 1.54) is 10.9 Å². The van der Waals surface area contributed by atoms with Crippen LogP contribution in [-0.4, -0.2) is 27.0 Å². The Labute approximate surface area is 132 Å². The molecule has 0 aliphatic carbocycles. The minimum Gasteiger partial charge on any atom is -0.353 e. The average Bonchev–Trinajstić information content (AvgIpc) is 2.91. The number of H-pyrrole nitrogens is 1. The molecular formula is C17H18N4O2. The van der Waals surface area contributed by atoms with Gasteiger partial charge in [0.1, 0.15) is 11.0 Å². The monoisotopic (exact) mass is 310 g/mol. The molecule has 0 aliphatic heterocycles. The second-order valence-corrected chi connectivity index (χ2v) is 5.48. The lowest BCUT2D eigenvalue weighted by atomic mass is 10.2. The topological polar surface area (TPSA) is 79.8 Å². The van der Waals surface area contributed by atoms with E-state index in [-0.39, 0.29) is 17.9 Å². The molecule has 0 saturated carbocycles. The van der Waals surface area contributed by atoms with E-state index in [1.54, 1.807) is 6.08 Å². The first-order valence-electron chi connectivity index (χ1n) is 7.45. The zero-order chi connectivity index (χ0) is 16.4. The van der Waals surface area contributed by atoms with Gasteiger partial charge in [-0.15, -0.1) is 6.58 Å². The van der Waals surface area contributed by atoms with Crippen LogP contribution >= 0.6 is 0 Å². The molecule has 2 aromatic heterocycles. The second-order valence-electron chi connectivity index (χ2n) is 5.48. The van der Waals surface area contributed by atoms with Crippen LogP contribution in [0.25, 0.3) is 21.9 Å². The molecule has 1 amide bonds. The number of nitrogens with zero attached hydrogens (tertiary/aromatic N) is 2. The normalized spacial score (nSPS) is 11.0. The number of amides is 1. The first-order chi connectivity index (χ1) is 11.1. The van der Waals surface area contributed by atoms with Gasteiger partial charge >= 0.3 is 0 Å². The number of aryl methyl sites for hydroxylation is 2. The van der Waals surface area contributed by atoms with Crippen LogP contribution in [0.4, 0.5) is 0 Å². The largest absolute Gasteiger partial charge is 0.353 e. The first kappa shape index (κ1) is 15.0. The van der Waals surface area contributed by atoms with Crippen LogP contribution in [0, 0.1) is 6.92 Å². The number of hydrogen-bond donors (Lipinski definition) is 2. The molecule has 0 spiro atoms. The zero-order valence-electron chi connectivity index (χ0n) is 12.9. The van der Waals surface area contributed by atoms with Gasteiger partial charge in [-0.1, -0.05) is 17.7 Å². The smallest absolute Gasteiger partial charge is 0.277 e. The van der Waals surface area contributed by atoms with E-state index in [0.717, 1.165) is 16.5 Å². The SMILES string of the molecule is C=CCNC(=O)CCn1cnc2c([nH]c3ccc(C)cc32)c1=O. The molecule has 2 heterocycles. The molecule has 0 fully saturated rings. The van der Waals surface area contributed by atoms with Crippen LogP contribution in [0.2, 0.25) is 0 Å². The molecule has 0 aliphatic rings. The highest BCUT2D eigenvalue weighted by atomic mass is 16.1. The standard InChI is InChI=1S/C17H18N4O2/c1-3-7-18-14(22)6-8-21-10-19-15-12-9-11(2)4-5-13(12)20-16(15)17(21)23/h3-5,9-10,20H,1,6-8H2,2H3,(H,18,22). The Kier molecular flexibility index (Phi) is 3.97. The number of carbonyl (C=O) groups excluding carboxylic acids is 1. The number of aromatic nitrogens is 3. The lowest BCUT2D eigenvalue weighted by Crippen LogP contribution is -2.27. The summed E-state index contributed by atoms with van der Waals surface area (Å²) in [4.78, 5) is 31.7. The number of hydrogen-bond acceptors (Lipinski definition) is 3. The molecule has 6 heteroatoms. The Bertz CT molecular complexity index is 952. The third-order valence-electron chi connectivity index (χ3n) is 3.75. The minimum absolute atomic E-state index is 0.121. The van der Waals surface area contributed by atoms with Gasteiger partial charge in [-0.25, -0.2) is 4.98 Å². The van der Waals surface area contributed by atoms with E-state index in [4.69, 9.17) is 0 Å². The maximum atomic E-state index is 12.6. The van der Waals surface area contributed by atoms with Gasteiger partial charge in [0.2, 0.25) is 5.91 Å². The van der Waals surface area contributed by atoms with Gasteiger partial charge in [-0.05, 0) is 19.1 Å². The van der Waals surface area contributed by atoms with Crippen LogP contribution in [0.5, 0.6) is 0 Å². The van der Waals surface area contributed by atoms with E-state index in [2.05, 4.69) is 21.9 Å². The third kappa shape index (κ3) is 2.88. The predicted octanol–water partition coefficient (Wildman–Crippen LogP) is 1.88. The molecule has 3 aromatic rings. The molecule has 1 aromatic carbocycles. The Morgan fingerprint density at radius 2 is 2.30 bits per heavy atom. The number of nitrogens with one attached hydrogen (secondary N) is 2. The molecular weight excluding hydrogens is 292 g/mol. The summed E-state index contributed by atoms with van der Waals surface area (Å²) in [7, 11) is 0. The Morgan fingerprint density at radius 1 is 1.48 bits per heavy atom. The highest BCUT2D eigenvalue weighted by Crippen LogP contribution is 2.22. The van der Waals surface area contributed by atoms with Crippen molar-refractivity contribution in [2.75, 3.05) is 6.54 Å². The van der Waals surface area contributed by atoms with Crippen LogP contribution < -0.4 is 10.9 Å². The molecule has 6 nitrogen and oxygen atoms in total. The van der Waals surface area contributed by atoms with Crippen molar-refractivity contribution in [3.8, 4) is 0 Å². The van der Waals surface area contributed by atoms with Gasteiger partial charge in [-0.2, -0.15) is 0 Å². The van der Waals surface area contributed by atoms with Crippen molar-refractivity contribution in [2.45, 2.75) is 19.9 Å². The fourth-order valence-electron chi connectivity index (χ4n) is 2.56. The number of benzene rings is 1. The molecule has 0 saturated heterocycles. The Hall–Kier alpha value is -2.89. The van der Waals surface area contributed by atoms with Crippen molar-refractivity contribution in [1.29, 1.82) is 0 Å². The van der Waals surface area contributed by atoms with Crippen molar-refractivity contribution in [1.82, 2.24) is 19.9 Å². The number of fused-ring (bicyclic) bond motifs is 3. The molecule has 0 atom stereocenters. The fourth-order valence-corrected chi connectivity index (χ4v) is 2.56. The summed E-state index contributed by atoms with van der Waals surface area (Å²) < 4.78 is 1.46. The van der Waals surface area contributed by atoms with E-state index in [0.29, 0.717) is 24.1 Å². The summed E-state index contributed by atoms with van der Waals surface area (Å²) in [6, 6.07) is 5.94. The van der Waals surface area contributed by atoms with Crippen molar-refractivity contribution in [2.24, 2.45) is 0 Å². The number of aromatic amines is 1. The quantitative estimate of drug-likeness (QED) is 0.706. The molecule has 0 bridgehead atoms. The lowest BCUT2D eigenvalue weighted by molar-refractivity contribution is -0.121. The summed E-state index contributed by atoms with van der Waals surface area (Å²) in [5, 5.41) is 3.62. The first-order valence-corrected chi connectivity index (χ1v) is 7.45. The average molecular weight is 310 g/mol. The maximum Gasteiger partial charge on any atom is 0.277 e. The molecule has 2 N–H and O–H groups in total. The summed E-state index contributed by atoms with van der Waals surface area (Å²) in [5.74, 6) is -0.121. The van der Waals surface area contributed by atoms with E-state index >= 15 is 0 Å². The van der Waals surface area contributed by atoms with Crippen molar-refractivity contribution in [3.05, 3.63) is 53.1 Å². The van der Waals surface area contributed by atoms with Crippen molar-refractivity contribution >= 4 is 27.8 Å². The summed E-state index contributed by atoms with van der Waals surface area (Å²) >= 11 is 0. The summed E-state index contributed by atoms with van der Waals surface area (Å²) in [6.07, 6.45) is 3.34. The molecule has 118 valence electrons. The number of rotatable bonds is 5. The van der Waals surface area contributed by atoms with E-state index < -0.39 is 0 Å². The minimum atomic E-state index is -0.166. The molecule has 3 rings (SSSR count). The van der Waals surface area contributed by atoms with Gasteiger partial charge in [0.05, 0.1) is 6.33 Å². The van der Waals surface area contributed by atoms with Crippen molar-refractivity contribution in [3.63, 3.8) is 0 Å². The maximum absolute atomic E-state index is 12.6. The van der Waals surface area contributed by atoms with E-state index in [1.807, 2.05) is 25.1 Å². The van der Waals surface area contributed by atoms with Crippen molar-refractivity contribution < 1.29 is 4.79 Å². The Balaban J connectivity index is 1.93. The van der Waals surface area contributed by atoms with Gasteiger partial charge in [-0.3, -0.25) is 14.2 Å². The summed E-state index contributed by atoms with van der Waals surface area (Å²) in [5.41, 5.74) is 2.97. The highest BCUT2D eigenvalue weighted by Gasteiger charge is 2.11. The Morgan fingerprint density at radius 3 is 3.09 bits per heavy atom. The van der Waals surface area contributed by atoms with Crippen LogP contribution in [0.1, 0.15) is 12.0 Å². The molecule has 23 heavy (non-hydrogen) atoms. The van der Waals surface area contributed by atoms with Gasteiger partial charge in [0.15, 0.2) is 0 Å². The predicted molar refractivity (Wildman–Crippen MR) is 90.4 cm³/mol. The van der Waals surface area contributed by atoms with Crippen LogP contribution in [0.3, 0.4) is 0 Å². The fraction of sp³-hybridized carbons (Fsp3) is 0.235.